The van der Waals surface area contributed by atoms with Crippen molar-refractivity contribution < 1.29 is 4.39 Å². The Morgan fingerprint density at radius 3 is 2.09 bits per heavy atom. The number of aromatic nitrogens is 2. The number of aryl methyl sites for hydroxylation is 1. The predicted molar refractivity (Wildman–Crippen MR) is 138 cm³/mol. The second kappa shape index (κ2) is 14.5. The van der Waals surface area contributed by atoms with Crippen molar-refractivity contribution in [3.63, 3.8) is 0 Å². The van der Waals surface area contributed by atoms with Gasteiger partial charge in [-0.25, -0.2) is 14.4 Å². The van der Waals surface area contributed by atoms with Crippen LogP contribution >= 0.6 is 0 Å². The van der Waals surface area contributed by atoms with Gasteiger partial charge in [-0.3, -0.25) is 0 Å². The minimum absolute atomic E-state index is 0.119. The van der Waals surface area contributed by atoms with Gasteiger partial charge in [-0.2, -0.15) is 0 Å². The van der Waals surface area contributed by atoms with Gasteiger partial charge in [0.25, 0.3) is 0 Å². The van der Waals surface area contributed by atoms with E-state index < -0.39 is 0 Å². The van der Waals surface area contributed by atoms with Crippen LogP contribution in [0.25, 0.3) is 11.4 Å². The molecule has 1 aromatic carbocycles. The SMILES string of the molecule is CCCCCCCCc1ccc(-c2ncc(C3CCC(CCCCCC)CC3)cn2)cc1F. The number of rotatable bonds is 14. The number of nitrogens with zero attached hydrogens (tertiary/aromatic N) is 2. The molecule has 33 heavy (non-hydrogen) atoms. The molecule has 0 spiro atoms. The fourth-order valence-electron chi connectivity index (χ4n) is 5.33. The third-order valence-corrected chi connectivity index (χ3v) is 7.57. The van der Waals surface area contributed by atoms with E-state index in [2.05, 4.69) is 23.8 Å². The van der Waals surface area contributed by atoms with E-state index in [1.165, 1.54) is 95.5 Å². The van der Waals surface area contributed by atoms with Crippen molar-refractivity contribution >= 4 is 0 Å². The smallest absolute Gasteiger partial charge is 0.159 e. The van der Waals surface area contributed by atoms with Crippen molar-refractivity contribution in [3.8, 4) is 11.4 Å². The maximum absolute atomic E-state index is 14.6. The molecule has 1 aliphatic rings. The first-order valence-electron chi connectivity index (χ1n) is 13.8. The second-order valence-corrected chi connectivity index (χ2v) is 10.2. The summed E-state index contributed by atoms with van der Waals surface area (Å²) < 4.78 is 14.6. The molecule has 2 aromatic rings. The molecule has 0 unspecified atom stereocenters. The van der Waals surface area contributed by atoms with E-state index in [1.807, 2.05) is 24.5 Å². The summed E-state index contributed by atoms with van der Waals surface area (Å²) >= 11 is 0. The van der Waals surface area contributed by atoms with Gasteiger partial charge < -0.3 is 0 Å². The second-order valence-electron chi connectivity index (χ2n) is 10.2. The Kier molecular flexibility index (Phi) is 11.3. The molecule has 0 radical (unpaired) electrons. The van der Waals surface area contributed by atoms with E-state index in [0.717, 1.165) is 29.9 Å². The van der Waals surface area contributed by atoms with Crippen LogP contribution in [0.4, 0.5) is 4.39 Å². The zero-order chi connectivity index (χ0) is 23.3. The molecule has 2 nitrogen and oxygen atoms in total. The van der Waals surface area contributed by atoms with Crippen molar-refractivity contribution in [1.82, 2.24) is 9.97 Å². The van der Waals surface area contributed by atoms with Gasteiger partial charge in [0.05, 0.1) is 0 Å². The fraction of sp³-hybridized carbons (Fsp3) is 0.667. The van der Waals surface area contributed by atoms with E-state index in [9.17, 15) is 4.39 Å². The molecule has 0 aliphatic heterocycles. The highest BCUT2D eigenvalue weighted by molar-refractivity contribution is 5.55. The van der Waals surface area contributed by atoms with Gasteiger partial charge >= 0.3 is 0 Å². The third-order valence-electron chi connectivity index (χ3n) is 7.57. The first kappa shape index (κ1) is 25.8. The van der Waals surface area contributed by atoms with Crippen LogP contribution in [0.5, 0.6) is 0 Å². The van der Waals surface area contributed by atoms with Gasteiger partial charge in [0.1, 0.15) is 5.82 Å². The van der Waals surface area contributed by atoms with Gasteiger partial charge in [0.2, 0.25) is 0 Å². The molecule has 1 heterocycles. The highest BCUT2D eigenvalue weighted by Gasteiger charge is 2.22. The fourth-order valence-corrected chi connectivity index (χ4v) is 5.33. The molecule has 0 saturated heterocycles. The largest absolute Gasteiger partial charge is 0.236 e. The minimum atomic E-state index is -0.119. The predicted octanol–water partition coefficient (Wildman–Crippen LogP) is 9.43. The third kappa shape index (κ3) is 8.50. The molecular formula is C30H45FN2. The zero-order valence-electron chi connectivity index (χ0n) is 21.1. The average Bonchev–Trinajstić information content (AvgIpc) is 2.85. The van der Waals surface area contributed by atoms with Crippen LogP contribution in [0.2, 0.25) is 0 Å². The Balaban J connectivity index is 1.46. The molecule has 1 saturated carbocycles. The Bertz CT molecular complexity index is 793. The van der Waals surface area contributed by atoms with Crippen LogP contribution in [-0.2, 0) is 6.42 Å². The zero-order valence-corrected chi connectivity index (χ0v) is 21.1. The average molecular weight is 453 g/mol. The lowest BCUT2D eigenvalue weighted by Gasteiger charge is -2.28. The lowest BCUT2D eigenvalue weighted by atomic mass is 9.77. The van der Waals surface area contributed by atoms with Gasteiger partial charge in [-0.05, 0) is 67.6 Å². The summed E-state index contributed by atoms with van der Waals surface area (Å²) in [6.45, 7) is 4.51. The van der Waals surface area contributed by atoms with E-state index in [-0.39, 0.29) is 5.82 Å². The van der Waals surface area contributed by atoms with Gasteiger partial charge in [-0.15, -0.1) is 0 Å². The Labute approximate surface area is 201 Å². The Morgan fingerprint density at radius 2 is 1.42 bits per heavy atom. The van der Waals surface area contributed by atoms with Gasteiger partial charge in [0, 0.05) is 18.0 Å². The summed E-state index contributed by atoms with van der Waals surface area (Å²) in [4.78, 5) is 9.22. The number of hydrogen-bond donors (Lipinski definition) is 0. The molecule has 0 bridgehead atoms. The summed E-state index contributed by atoms with van der Waals surface area (Å²) in [7, 11) is 0. The monoisotopic (exact) mass is 452 g/mol. The number of halogens is 1. The molecule has 3 heteroatoms. The molecular weight excluding hydrogens is 407 g/mol. The van der Waals surface area contributed by atoms with Crippen LogP contribution in [0.3, 0.4) is 0 Å². The first-order chi connectivity index (χ1) is 16.2. The van der Waals surface area contributed by atoms with Crippen LogP contribution in [0.1, 0.15) is 127 Å². The quantitative estimate of drug-likeness (QED) is 0.267. The minimum Gasteiger partial charge on any atom is -0.236 e. The lowest BCUT2D eigenvalue weighted by molar-refractivity contribution is 0.301. The van der Waals surface area contributed by atoms with Crippen molar-refractivity contribution in [2.45, 2.75) is 122 Å². The first-order valence-corrected chi connectivity index (χ1v) is 13.8. The maximum Gasteiger partial charge on any atom is 0.159 e. The van der Waals surface area contributed by atoms with E-state index in [4.69, 9.17) is 0 Å². The summed E-state index contributed by atoms with van der Waals surface area (Å²) in [5, 5.41) is 0. The van der Waals surface area contributed by atoms with Crippen LogP contribution < -0.4 is 0 Å². The molecule has 0 atom stereocenters. The molecule has 1 aromatic heterocycles. The van der Waals surface area contributed by atoms with Crippen molar-refractivity contribution in [1.29, 1.82) is 0 Å². The Morgan fingerprint density at radius 1 is 0.788 bits per heavy atom. The Hall–Kier alpha value is -1.77. The van der Waals surface area contributed by atoms with E-state index >= 15 is 0 Å². The number of unbranched alkanes of at least 4 members (excludes halogenated alkanes) is 8. The molecule has 0 N–H and O–H groups in total. The van der Waals surface area contributed by atoms with Gasteiger partial charge in [0.15, 0.2) is 5.82 Å². The highest BCUT2D eigenvalue weighted by atomic mass is 19.1. The number of hydrogen-bond acceptors (Lipinski definition) is 2. The van der Waals surface area contributed by atoms with E-state index in [1.54, 1.807) is 6.07 Å². The normalized spacial score (nSPS) is 18.5. The van der Waals surface area contributed by atoms with Crippen molar-refractivity contribution in [3.05, 3.63) is 47.5 Å². The standard InChI is InChI=1S/C30H45FN2/c1-3-5-7-9-10-12-14-26-19-20-27(21-29(26)31)30-32-22-28(23-33-30)25-17-15-24(16-18-25)13-11-8-6-4-2/h19-25H,3-18H2,1-2H3. The van der Waals surface area contributed by atoms with Gasteiger partial charge in [-0.1, -0.05) is 90.2 Å². The summed E-state index contributed by atoms with van der Waals surface area (Å²) in [6, 6.07) is 5.52. The van der Waals surface area contributed by atoms with Crippen molar-refractivity contribution in [2.75, 3.05) is 0 Å². The number of benzene rings is 1. The van der Waals surface area contributed by atoms with E-state index in [0.29, 0.717) is 11.7 Å². The highest BCUT2D eigenvalue weighted by Crippen LogP contribution is 2.37. The molecule has 3 rings (SSSR count). The maximum atomic E-state index is 14.6. The molecule has 1 fully saturated rings. The van der Waals surface area contributed by atoms with Crippen LogP contribution in [-0.4, -0.2) is 9.97 Å². The summed E-state index contributed by atoms with van der Waals surface area (Å²) in [5.41, 5.74) is 2.85. The molecule has 1 aliphatic carbocycles. The topological polar surface area (TPSA) is 25.8 Å². The summed E-state index contributed by atoms with van der Waals surface area (Å²) in [6.07, 6.45) is 24.2. The molecule has 0 amide bonds. The molecule has 182 valence electrons. The summed E-state index contributed by atoms with van der Waals surface area (Å²) in [5.74, 6) is 2.01. The van der Waals surface area contributed by atoms with Crippen LogP contribution in [0.15, 0.2) is 30.6 Å². The van der Waals surface area contributed by atoms with Crippen LogP contribution in [0, 0.1) is 11.7 Å². The lowest BCUT2D eigenvalue weighted by Crippen LogP contribution is -2.14. The van der Waals surface area contributed by atoms with Crippen molar-refractivity contribution in [2.24, 2.45) is 5.92 Å².